The molecule has 3 aromatic heterocycles. The minimum Gasteiger partial charge on any atom is -0.309 e. The molecular formula is C40H26N4. The van der Waals surface area contributed by atoms with Crippen LogP contribution in [0.3, 0.4) is 0 Å². The van der Waals surface area contributed by atoms with Crippen molar-refractivity contribution in [2.24, 2.45) is 0 Å². The zero-order chi connectivity index (χ0) is 29.0. The maximum atomic E-state index is 5.01. The molecule has 9 aromatic rings. The molecule has 3 heterocycles. The van der Waals surface area contributed by atoms with E-state index < -0.39 is 0 Å². The van der Waals surface area contributed by atoms with Gasteiger partial charge in [0.25, 0.3) is 0 Å². The predicted molar refractivity (Wildman–Crippen MR) is 182 cm³/mol. The third-order valence-corrected chi connectivity index (χ3v) is 8.61. The minimum absolute atomic E-state index is 0.667. The van der Waals surface area contributed by atoms with E-state index in [-0.39, 0.29) is 0 Å². The van der Waals surface area contributed by atoms with E-state index in [1.807, 2.05) is 30.5 Å². The van der Waals surface area contributed by atoms with Crippen LogP contribution in [0.15, 0.2) is 158 Å². The van der Waals surface area contributed by atoms with E-state index in [2.05, 4.69) is 137 Å². The zero-order valence-corrected chi connectivity index (χ0v) is 23.8. The normalized spacial score (nSPS) is 11.6. The van der Waals surface area contributed by atoms with Crippen LogP contribution in [-0.4, -0.2) is 19.1 Å². The molecule has 0 radical (unpaired) electrons. The Labute approximate surface area is 254 Å². The van der Waals surface area contributed by atoms with E-state index in [1.165, 1.54) is 49.4 Å². The van der Waals surface area contributed by atoms with Gasteiger partial charge in [-0.1, -0.05) is 97.1 Å². The molecular weight excluding hydrogens is 536 g/mol. The summed E-state index contributed by atoms with van der Waals surface area (Å²) in [5.41, 5.74) is 10.1. The molecule has 0 atom stereocenters. The van der Waals surface area contributed by atoms with E-state index in [4.69, 9.17) is 9.97 Å². The van der Waals surface area contributed by atoms with E-state index in [0.29, 0.717) is 5.95 Å². The summed E-state index contributed by atoms with van der Waals surface area (Å²) in [4.78, 5) is 9.73. The Morgan fingerprint density at radius 2 is 0.909 bits per heavy atom. The maximum absolute atomic E-state index is 5.01. The summed E-state index contributed by atoms with van der Waals surface area (Å²) in [5.74, 6) is 0.667. The van der Waals surface area contributed by atoms with Gasteiger partial charge >= 0.3 is 0 Å². The molecule has 9 rings (SSSR count). The third kappa shape index (κ3) is 3.78. The maximum Gasteiger partial charge on any atom is 0.235 e. The third-order valence-electron chi connectivity index (χ3n) is 8.61. The molecule has 0 saturated carbocycles. The van der Waals surface area contributed by atoms with Crippen LogP contribution in [0, 0.1) is 0 Å². The van der Waals surface area contributed by atoms with Crippen LogP contribution in [0.4, 0.5) is 0 Å². The SMILES string of the molecule is c1ccc(-c2ccnc(-n3c4ccccc4c4cc(-c5ccc6c(c5)c5ccccc5n6-c5ccccc5)ccc43)n2)cc1. The van der Waals surface area contributed by atoms with Gasteiger partial charge in [0, 0.05) is 39.0 Å². The van der Waals surface area contributed by atoms with Crippen molar-refractivity contribution in [1.82, 2.24) is 19.1 Å². The van der Waals surface area contributed by atoms with E-state index in [0.717, 1.165) is 22.3 Å². The Balaban J connectivity index is 1.23. The second-order valence-corrected chi connectivity index (χ2v) is 11.1. The molecule has 0 N–H and O–H groups in total. The monoisotopic (exact) mass is 562 g/mol. The molecule has 44 heavy (non-hydrogen) atoms. The fourth-order valence-corrected chi connectivity index (χ4v) is 6.60. The first-order valence-electron chi connectivity index (χ1n) is 14.8. The highest BCUT2D eigenvalue weighted by atomic mass is 15.2. The molecule has 4 heteroatoms. The van der Waals surface area contributed by atoms with Crippen molar-refractivity contribution in [1.29, 1.82) is 0 Å². The van der Waals surface area contributed by atoms with E-state index in [9.17, 15) is 0 Å². The van der Waals surface area contributed by atoms with E-state index >= 15 is 0 Å². The Kier molecular flexibility index (Phi) is 5.47. The first-order chi connectivity index (χ1) is 21.8. The van der Waals surface area contributed by atoms with Gasteiger partial charge in [-0.15, -0.1) is 0 Å². The highest BCUT2D eigenvalue weighted by Crippen LogP contribution is 2.38. The molecule has 4 nitrogen and oxygen atoms in total. The molecule has 0 bridgehead atoms. The summed E-state index contributed by atoms with van der Waals surface area (Å²) >= 11 is 0. The lowest BCUT2D eigenvalue weighted by molar-refractivity contribution is 0.992. The Morgan fingerprint density at radius 1 is 0.386 bits per heavy atom. The van der Waals surface area contributed by atoms with Crippen LogP contribution < -0.4 is 0 Å². The van der Waals surface area contributed by atoms with Gasteiger partial charge in [-0.2, -0.15) is 0 Å². The second-order valence-electron chi connectivity index (χ2n) is 11.1. The molecule has 0 amide bonds. The summed E-state index contributed by atoms with van der Waals surface area (Å²) < 4.78 is 4.53. The lowest BCUT2D eigenvalue weighted by Crippen LogP contribution is -2.01. The Morgan fingerprint density at radius 3 is 1.57 bits per heavy atom. The van der Waals surface area contributed by atoms with Gasteiger partial charge in [-0.3, -0.25) is 4.57 Å². The summed E-state index contributed by atoms with van der Waals surface area (Å²) in [6.45, 7) is 0. The standard InChI is InChI=1S/C40H26N4/c1-3-11-27(12-4-1)35-23-24-41-40(42-35)44-37-18-10-8-16-32(37)34-26-29(20-22-39(34)44)28-19-21-38-33(25-28)31-15-7-9-17-36(31)43(38)30-13-5-2-6-14-30/h1-26H. The molecule has 0 aliphatic carbocycles. The molecule has 0 spiro atoms. The average Bonchev–Trinajstić information content (AvgIpc) is 3.61. The number of hydrogen-bond donors (Lipinski definition) is 0. The van der Waals surface area contributed by atoms with Crippen molar-refractivity contribution in [2.75, 3.05) is 0 Å². The quantitative estimate of drug-likeness (QED) is 0.214. The first-order valence-corrected chi connectivity index (χ1v) is 14.8. The fourth-order valence-electron chi connectivity index (χ4n) is 6.60. The number of rotatable bonds is 4. The summed E-state index contributed by atoms with van der Waals surface area (Å²) in [7, 11) is 0. The highest BCUT2D eigenvalue weighted by molar-refractivity contribution is 6.12. The molecule has 206 valence electrons. The lowest BCUT2D eigenvalue weighted by Gasteiger charge is -2.09. The molecule has 0 unspecified atom stereocenters. The van der Waals surface area contributed by atoms with Gasteiger partial charge in [0.05, 0.1) is 27.8 Å². The van der Waals surface area contributed by atoms with Gasteiger partial charge in [-0.05, 0) is 65.7 Å². The van der Waals surface area contributed by atoms with Crippen molar-refractivity contribution in [3.05, 3.63) is 158 Å². The number of fused-ring (bicyclic) bond motifs is 6. The topological polar surface area (TPSA) is 35.6 Å². The van der Waals surface area contributed by atoms with Crippen LogP contribution in [0.25, 0.3) is 77.6 Å². The average molecular weight is 563 g/mol. The fraction of sp³-hybridized carbons (Fsp3) is 0. The Bertz CT molecular complexity index is 2490. The number of para-hydroxylation sites is 3. The smallest absolute Gasteiger partial charge is 0.235 e. The second kappa shape index (κ2) is 9.79. The molecule has 0 aliphatic rings. The van der Waals surface area contributed by atoms with Gasteiger partial charge in [0.2, 0.25) is 5.95 Å². The van der Waals surface area contributed by atoms with Crippen LogP contribution in [0.2, 0.25) is 0 Å². The van der Waals surface area contributed by atoms with Gasteiger partial charge in [0.1, 0.15) is 0 Å². The van der Waals surface area contributed by atoms with Crippen LogP contribution in [0.1, 0.15) is 0 Å². The van der Waals surface area contributed by atoms with Crippen LogP contribution in [-0.2, 0) is 0 Å². The first kappa shape index (κ1) is 24.6. The Hall–Kier alpha value is -6.00. The van der Waals surface area contributed by atoms with Crippen molar-refractivity contribution < 1.29 is 0 Å². The van der Waals surface area contributed by atoms with Crippen molar-refractivity contribution in [2.45, 2.75) is 0 Å². The predicted octanol–water partition coefficient (Wildman–Crippen LogP) is 10.0. The number of nitrogens with zero attached hydrogens (tertiary/aromatic N) is 4. The number of benzene rings is 6. The molecule has 0 saturated heterocycles. The summed E-state index contributed by atoms with van der Waals surface area (Å²) in [6, 6.07) is 53.6. The van der Waals surface area contributed by atoms with Crippen LogP contribution in [0.5, 0.6) is 0 Å². The number of hydrogen-bond acceptors (Lipinski definition) is 2. The van der Waals surface area contributed by atoms with Crippen molar-refractivity contribution in [3.63, 3.8) is 0 Å². The number of aromatic nitrogens is 4. The molecule has 0 fully saturated rings. The summed E-state index contributed by atoms with van der Waals surface area (Å²) in [6.07, 6.45) is 1.85. The van der Waals surface area contributed by atoms with Crippen molar-refractivity contribution >= 4 is 43.6 Å². The molecule has 6 aromatic carbocycles. The summed E-state index contributed by atoms with van der Waals surface area (Å²) in [5, 5.41) is 4.86. The highest BCUT2D eigenvalue weighted by Gasteiger charge is 2.17. The lowest BCUT2D eigenvalue weighted by atomic mass is 10.0. The largest absolute Gasteiger partial charge is 0.309 e. The minimum atomic E-state index is 0.667. The molecule has 0 aliphatic heterocycles. The van der Waals surface area contributed by atoms with Gasteiger partial charge in [-0.25, -0.2) is 9.97 Å². The van der Waals surface area contributed by atoms with Crippen molar-refractivity contribution in [3.8, 4) is 34.0 Å². The van der Waals surface area contributed by atoms with Gasteiger partial charge in [0.15, 0.2) is 0 Å². The zero-order valence-electron chi connectivity index (χ0n) is 23.8. The van der Waals surface area contributed by atoms with Crippen LogP contribution >= 0.6 is 0 Å². The van der Waals surface area contributed by atoms with Gasteiger partial charge < -0.3 is 4.57 Å². The van der Waals surface area contributed by atoms with E-state index in [1.54, 1.807) is 0 Å².